The molecule has 0 radical (unpaired) electrons. The monoisotopic (exact) mass is 412 g/mol. The summed E-state index contributed by atoms with van der Waals surface area (Å²) in [6.07, 6.45) is 7.83. The molecule has 0 aromatic heterocycles. The molecule has 3 aliphatic rings. The van der Waals surface area contributed by atoms with Gasteiger partial charge in [0.25, 0.3) is 0 Å². The molecule has 2 bridgehead atoms. The molecule has 1 aromatic rings. The second-order valence-electron chi connectivity index (χ2n) is 7.77. The normalized spacial score (nSPS) is 33.2. The van der Waals surface area contributed by atoms with Crippen molar-refractivity contribution in [2.24, 2.45) is 17.6 Å². The van der Waals surface area contributed by atoms with E-state index in [1.54, 1.807) is 0 Å². The molecule has 132 valence electrons. The van der Waals surface area contributed by atoms with Crippen LogP contribution < -0.4 is 11.1 Å². The van der Waals surface area contributed by atoms with Gasteiger partial charge in [-0.1, -0.05) is 34.5 Å². The van der Waals surface area contributed by atoms with E-state index in [-0.39, 0.29) is 23.7 Å². The van der Waals surface area contributed by atoms with E-state index in [0.717, 1.165) is 35.7 Å². The summed E-state index contributed by atoms with van der Waals surface area (Å²) in [4.78, 5) is 13.1. The summed E-state index contributed by atoms with van der Waals surface area (Å²) in [5, 5.41) is 3.45. The minimum absolute atomic E-state index is 0. The van der Waals surface area contributed by atoms with Crippen LogP contribution in [0.4, 0.5) is 0 Å². The number of halogens is 2. The molecule has 2 unspecified atom stereocenters. The first-order valence-electron chi connectivity index (χ1n) is 8.91. The van der Waals surface area contributed by atoms with Crippen LogP contribution in [0.1, 0.15) is 50.5 Å². The lowest BCUT2D eigenvalue weighted by Crippen LogP contribution is -2.55. The first-order chi connectivity index (χ1) is 11.1. The van der Waals surface area contributed by atoms with E-state index in [1.807, 2.05) is 12.1 Å². The number of hydrogen-bond acceptors (Lipinski definition) is 2. The zero-order valence-corrected chi connectivity index (χ0v) is 16.2. The number of benzene rings is 1. The molecule has 1 amide bonds. The standard InChI is InChI=1S/C19H25BrN2O.ClH/c20-15-6-2-5-14(11-15)19(7-8-19)18(23)22-17-12-3-1-4-13(17)10-16(21)9-12;/h2,5-6,11-13,16-17H,1,3-4,7-10,21H2,(H,22,23);1H. The van der Waals surface area contributed by atoms with E-state index in [0.29, 0.717) is 23.9 Å². The minimum atomic E-state index is -0.280. The molecule has 4 rings (SSSR count). The Labute approximate surface area is 158 Å². The van der Waals surface area contributed by atoms with Crippen molar-refractivity contribution in [1.29, 1.82) is 0 Å². The fraction of sp³-hybridized carbons (Fsp3) is 0.632. The lowest BCUT2D eigenvalue weighted by atomic mass is 9.67. The van der Waals surface area contributed by atoms with Gasteiger partial charge in [-0.15, -0.1) is 12.4 Å². The van der Waals surface area contributed by atoms with E-state index in [1.165, 1.54) is 19.3 Å². The van der Waals surface area contributed by atoms with Gasteiger partial charge in [0.05, 0.1) is 5.41 Å². The van der Waals surface area contributed by atoms with Crippen molar-refractivity contribution in [3.05, 3.63) is 34.3 Å². The van der Waals surface area contributed by atoms with Gasteiger partial charge in [-0.25, -0.2) is 0 Å². The largest absolute Gasteiger partial charge is 0.352 e. The zero-order chi connectivity index (χ0) is 16.0. The maximum Gasteiger partial charge on any atom is 0.230 e. The van der Waals surface area contributed by atoms with Crippen LogP contribution in [0.25, 0.3) is 0 Å². The van der Waals surface area contributed by atoms with Crippen LogP contribution in [0.2, 0.25) is 0 Å². The number of amides is 1. The van der Waals surface area contributed by atoms with Gasteiger partial charge in [-0.2, -0.15) is 0 Å². The predicted molar refractivity (Wildman–Crippen MR) is 102 cm³/mol. The third-order valence-electron chi connectivity index (χ3n) is 6.24. The summed E-state index contributed by atoms with van der Waals surface area (Å²) in [5.41, 5.74) is 7.08. The van der Waals surface area contributed by atoms with Gasteiger partial charge in [0.2, 0.25) is 5.91 Å². The van der Waals surface area contributed by atoms with Crippen LogP contribution in [-0.4, -0.2) is 18.0 Å². The Hall–Kier alpha value is -0.580. The fourth-order valence-electron chi connectivity index (χ4n) is 4.87. The van der Waals surface area contributed by atoms with Crippen molar-refractivity contribution in [2.75, 3.05) is 0 Å². The van der Waals surface area contributed by atoms with E-state index >= 15 is 0 Å². The van der Waals surface area contributed by atoms with Gasteiger partial charge in [-0.3, -0.25) is 4.79 Å². The van der Waals surface area contributed by atoms with Gasteiger partial charge < -0.3 is 11.1 Å². The molecule has 3 fully saturated rings. The molecule has 3 aliphatic carbocycles. The van der Waals surface area contributed by atoms with Crippen molar-refractivity contribution in [3.8, 4) is 0 Å². The third kappa shape index (κ3) is 3.25. The smallest absolute Gasteiger partial charge is 0.230 e. The van der Waals surface area contributed by atoms with Gasteiger partial charge in [0, 0.05) is 16.6 Å². The summed E-state index contributed by atoms with van der Waals surface area (Å²) >= 11 is 3.53. The van der Waals surface area contributed by atoms with E-state index in [4.69, 9.17) is 5.73 Å². The summed E-state index contributed by atoms with van der Waals surface area (Å²) in [6.45, 7) is 0. The van der Waals surface area contributed by atoms with Crippen molar-refractivity contribution in [2.45, 2.75) is 62.4 Å². The maximum absolute atomic E-state index is 13.1. The number of fused-ring (bicyclic) bond motifs is 2. The van der Waals surface area contributed by atoms with Crippen LogP contribution in [0.3, 0.4) is 0 Å². The Kier molecular flexibility index (Phi) is 5.29. The molecular weight excluding hydrogens is 388 g/mol. The second-order valence-corrected chi connectivity index (χ2v) is 8.69. The van der Waals surface area contributed by atoms with Crippen LogP contribution in [0.15, 0.2) is 28.7 Å². The molecule has 0 saturated heterocycles. The van der Waals surface area contributed by atoms with Crippen LogP contribution >= 0.6 is 28.3 Å². The van der Waals surface area contributed by atoms with Crippen molar-refractivity contribution >= 4 is 34.2 Å². The Morgan fingerprint density at radius 2 is 1.88 bits per heavy atom. The number of hydrogen-bond donors (Lipinski definition) is 2. The third-order valence-corrected chi connectivity index (χ3v) is 6.73. The van der Waals surface area contributed by atoms with E-state index in [2.05, 4.69) is 33.4 Å². The highest BCUT2D eigenvalue weighted by atomic mass is 79.9. The van der Waals surface area contributed by atoms with Crippen LogP contribution in [0.5, 0.6) is 0 Å². The number of nitrogens with one attached hydrogen (secondary N) is 1. The topological polar surface area (TPSA) is 55.1 Å². The Bertz CT molecular complexity index is 605. The summed E-state index contributed by atoms with van der Waals surface area (Å²) in [5.74, 6) is 1.41. The number of carbonyl (C=O) groups excluding carboxylic acids is 1. The van der Waals surface area contributed by atoms with Gasteiger partial charge in [0.1, 0.15) is 0 Å². The number of nitrogens with two attached hydrogens (primary N) is 1. The Morgan fingerprint density at radius 1 is 1.21 bits per heavy atom. The molecule has 5 heteroatoms. The summed E-state index contributed by atoms with van der Waals surface area (Å²) in [7, 11) is 0. The SMILES string of the molecule is Cl.NC1CC2CCCC(C1)C2NC(=O)C1(c2cccc(Br)c2)CC1. The van der Waals surface area contributed by atoms with Crippen LogP contribution in [-0.2, 0) is 10.2 Å². The highest BCUT2D eigenvalue weighted by Gasteiger charge is 2.53. The molecule has 1 aromatic carbocycles. The molecule has 24 heavy (non-hydrogen) atoms. The van der Waals surface area contributed by atoms with Gasteiger partial charge in [-0.05, 0) is 68.1 Å². The minimum Gasteiger partial charge on any atom is -0.352 e. The molecule has 3 saturated carbocycles. The lowest BCUT2D eigenvalue weighted by molar-refractivity contribution is -0.126. The van der Waals surface area contributed by atoms with Crippen molar-refractivity contribution in [3.63, 3.8) is 0 Å². The first kappa shape index (κ1) is 18.2. The quantitative estimate of drug-likeness (QED) is 0.789. The number of rotatable bonds is 3. The summed E-state index contributed by atoms with van der Waals surface area (Å²) < 4.78 is 1.05. The Balaban J connectivity index is 0.00000169. The molecule has 0 aliphatic heterocycles. The Morgan fingerprint density at radius 3 is 2.46 bits per heavy atom. The van der Waals surface area contributed by atoms with Crippen LogP contribution in [0, 0.1) is 11.8 Å². The predicted octanol–water partition coefficient (Wildman–Crippen LogP) is 3.92. The highest BCUT2D eigenvalue weighted by molar-refractivity contribution is 9.10. The molecule has 3 nitrogen and oxygen atoms in total. The average molecular weight is 414 g/mol. The van der Waals surface area contributed by atoms with Gasteiger partial charge >= 0.3 is 0 Å². The molecular formula is C19H26BrClN2O. The fourth-order valence-corrected chi connectivity index (χ4v) is 5.27. The molecule has 2 atom stereocenters. The van der Waals surface area contributed by atoms with Crippen molar-refractivity contribution in [1.82, 2.24) is 5.32 Å². The summed E-state index contributed by atoms with van der Waals surface area (Å²) in [6, 6.07) is 8.92. The second kappa shape index (κ2) is 6.97. The van der Waals surface area contributed by atoms with Gasteiger partial charge in [0.15, 0.2) is 0 Å². The highest BCUT2D eigenvalue weighted by Crippen LogP contribution is 2.50. The van der Waals surface area contributed by atoms with Crippen molar-refractivity contribution < 1.29 is 4.79 Å². The van der Waals surface area contributed by atoms with E-state index < -0.39 is 0 Å². The first-order valence-corrected chi connectivity index (χ1v) is 9.70. The molecule has 0 heterocycles. The molecule has 3 N–H and O–H groups in total. The lowest BCUT2D eigenvalue weighted by Gasteiger charge is -2.45. The average Bonchev–Trinajstić information content (AvgIpc) is 3.30. The number of carbonyl (C=O) groups is 1. The molecule has 0 spiro atoms. The zero-order valence-electron chi connectivity index (χ0n) is 13.8. The maximum atomic E-state index is 13.1. The van der Waals surface area contributed by atoms with E-state index in [9.17, 15) is 4.79 Å².